The summed E-state index contributed by atoms with van der Waals surface area (Å²) in [5, 5.41) is 0. The third kappa shape index (κ3) is 5.19. The number of piperidine rings is 1. The summed E-state index contributed by atoms with van der Waals surface area (Å²) in [5.41, 5.74) is 1.21. The van der Waals surface area contributed by atoms with E-state index >= 15 is 0 Å². The summed E-state index contributed by atoms with van der Waals surface area (Å²) in [7, 11) is 0. The number of morpholine rings is 1. The highest BCUT2D eigenvalue weighted by Crippen LogP contribution is 2.21. The maximum atomic E-state index is 12.6. The van der Waals surface area contributed by atoms with E-state index in [-0.39, 0.29) is 18.1 Å². The van der Waals surface area contributed by atoms with Crippen molar-refractivity contribution < 1.29 is 14.3 Å². The Kier molecular flexibility index (Phi) is 6.32. The smallest absolute Gasteiger partial charge is 0.224 e. The molecule has 0 radical (unpaired) electrons. The molecule has 0 aromatic heterocycles. The lowest BCUT2D eigenvalue weighted by Crippen LogP contribution is -2.47. The lowest BCUT2D eigenvalue weighted by Gasteiger charge is -2.35. The van der Waals surface area contributed by atoms with Gasteiger partial charge in [0.15, 0.2) is 0 Å². The van der Waals surface area contributed by atoms with Crippen LogP contribution in [0, 0.1) is 6.92 Å². The topological polar surface area (TPSA) is 42.0 Å². The highest BCUT2D eigenvalue weighted by molar-refractivity contribution is 5.76. The Morgan fingerprint density at radius 2 is 1.96 bits per heavy atom. The average molecular weight is 346 g/mol. The van der Waals surface area contributed by atoms with Crippen LogP contribution < -0.4 is 4.74 Å². The fraction of sp³-hybridized carbons (Fsp3) is 0.650. The van der Waals surface area contributed by atoms with Gasteiger partial charge in [0.25, 0.3) is 0 Å². The summed E-state index contributed by atoms with van der Waals surface area (Å²) in [6.45, 7) is 9.24. The molecular weight excluding hydrogens is 316 g/mol. The Morgan fingerprint density at radius 3 is 2.64 bits per heavy atom. The first-order valence-corrected chi connectivity index (χ1v) is 9.45. The number of aryl methyl sites for hydroxylation is 1. The van der Waals surface area contributed by atoms with Crippen LogP contribution >= 0.6 is 0 Å². The van der Waals surface area contributed by atoms with E-state index in [4.69, 9.17) is 9.47 Å². The number of amides is 1. The monoisotopic (exact) mass is 346 g/mol. The molecule has 138 valence electrons. The molecule has 0 aliphatic carbocycles. The van der Waals surface area contributed by atoms with Gasteiger partial charge in [-0.1, -0.05) is 12.1 Å². The number of rotatable bonds is 5. The van der Waals surface area contributed by atoms with E-state index in [1.54, 1.807) is 0 Å². The highest BCUT2D eigenvalue weighted by atomic mass is 16.5. The molecule has 0 spiro atoms. The first kappa shape index (κ1) is 18.2. The SMILES string of the molecule is Cc1cccc(OC2CCN(C(=O)CC(C)N3CCOCC3)CC2)c1. The zero-order chi connectivity index (χ0) is 17.6. The lowest BCUT2D eigenvalue weighted by atomic mass is 10.1. The van der Waals surface area contributed by atoms with Gasteiger partial charge < -0.3 is 14.4 Å². The van der Waals surface area contributed by atoms with Crippen LogP contribution in [0.2, 0.25) is 0 Å². The Hall–Kier alpha value is -1.59. The summed E-state index contributed by atoms with van der Waals surface area (Å²) in [6, 6.07) is 8.47. The van der Waals surface area contributed by atoms with Crippen LogP contribution in [-0.4, -0.2) is 67.2 Å². The van der Waals surface area contributed by atoms with Gasteiger partial charge >= 0.3 is 0 Å². The number of hydrogen-bond donors (Lipinski definition) is 0. The maximum absolute atomic E-state index is 12.6. The number of carbonyl (C=O) groups excluding carboxylic acids is 1. The van der Waals surface area contributed by atoms with Crippen LogP contribution in [0.4, 0.5) is 0 Å². The van der Waals surface area contributed by atoms with Gasteiger partial charge in [-0.05, 0) is 31.5 Å². The molecule has 1 aromatic carbocycles. The first-order valence-electron chi connectivity index (χ1n) is 9.45. The van der Waals surface area contributed by atoms with Gasteiger partial charge in [-0.15, -0.1) is 0 Å². The van der Waals surface area contributed by atoms with Crippen molar-refractivity contribution in [1.82, 2.24) is 9.80 Å². The zero-order valence-corrected chi connectivity index (χ0v) is 15.4. The molecule has 2 fully saturated rings. The molecule has 5 heteroatoms. The standard InChI is InChI=1S/C20H30N2O3/c1-16-4-3-5-19(14-16)25-18-6-8-22(9-7-18)20(23)15-17(2)21-10-12-24-13-11-21/h3-5,14,17-18H,6-13,15H2,1-2H3. The molecule has 25 heavy (non-hydrogen) atoms. The molecule has 3 rings (SSSR count). The quantitative estimate of drug-likeness (QED) is 0.821. The van der Waals surface area contributed by atoms with Crippen LogP contribution in [-0.2, 0) is 9.53 Å². The fourth-order valence-corrected chi connectivity index (χ4v) is 3.63. The molecule has 2 aliphatic heterocycles. The Bertz CT molecular complexity index is 564. The van der Waals surface area contributed by atoms with E-state index in [0.29, 0.717) is 6.42 Å². The van der Waals surface area contributed by atoms with E-state index in [1.807, 2.05) is 17.0 Å². The largest absolute Gasteiger partial charge is 0.490 e. The molecule has 0 saturated carbocycles. The summed E-state index contributed by atoms with van der Waals surface area (Å²) in [4.78, 5) is 17.0. The average Bonchev–Trinajstić information content (AvgIpc) is 2.63. The van der Waals surface area contributed by atoms with Gasteiger partial charge in [-0.3, -0.25) is 9.69 Å². The van der Waals surface area contributed by atoms with Gasteiger partial charge in [0.1, 0.15) is 11.9 Å². The van der Waals surface area contributed by atoms with Gasteiger partial charge in [0, 0.05) is 51.5 Å². The number of nitrogens with zero attached hydrogens (tertiary/aromatic N) is 2. The molecule has 5 nitrogen and oxygen atoms in total. The molecule has 0 bridgehead atoms. The number of likely N-dealkylation sites (tertiary alicyclic amines) is 1. The Morgan fingerprint density at radius 1 is 1.24 bits per heavy atom. The fourth-order valence-electron chi connectivity index (χ4n) is 3.63. The maximum Gasteiger partial charge on any atom is 0.224 e. The van der Waals surface area contributed by atoms with Crippen molar-refractivity contribution in [1.29, 1.82) is 0 Å². The van der Waals surface area contributed by atoms with Crippen LogP contribution in [0.25, 0.3) is 0 Å². The second-order valence-corrected chi connectivity index (χ2v) is 7.22. The van der Waals surface area contributed by atoms with Crippen molar-refractivity contribution in [3.63, 3.8) is 0 Å². The summed E-state index contributed by atoms with van der Waals surface area (Å²) < 4.78 is 11.5. The third-order valence-electron chi connectivity index (χ3n) is 5.23. The predicted octanol–water partition coefficient (Wildman–Crippen LogP) is 2.48. The molecule has 2 aliphatic rings. The van der Waals surface area contributed by atoms with Crippen LogP contribution in [0.1, 0.15) is 31.7 Å². The minimum absolute atomic E-state index is 0.211. The van der Waals surface area contributed by atoms with Crippen molar-refractivity contribution >= 4 is 5.91 Å². The van der Waals surface area contributed by atoms with E-state index in [0.717, 1.165) is 58.0 Å². The van der Waals surface area contributed by atoms with Gasteiger partial charge in [-0.2, -0.15) is 0 Å². The Balaban J connectivity index is 1.42. The van der Waals surface area contributed by atoms with Crippen molar-refractivity contribution in [3.8, 4) is 5.75 Å². The van der Waals surface area contributed by atoms with Crippen molar-refractivity contribution in [3.05, 3.63) is 29.8 Å². The summed E-state index contributed by atoms with van der Waals surface area (Å²) in [6.07, 6.45) is 2.63. The van der Waals surface area contributed by atoms with Gasteiger partial charge in [-0.25, -0.2) is 0 Å². The number of hydrogen-bond acceptors (Lipinski definition) is 4. The molecular formula is C20H30N2O3. The molecule has 2 heterocycles. The van der Waals surface area contributed by atoms with E-state index in [2.05, 4.69) is 30.9 Å². The minimum Gasteiger partial charge on any atom is -0.490 e. The van der Waals surface area contributed by atoms with Gasteiger partial charge in [0.2, 0.25) is 5.91 Å². The first-order chi connectivity index (χ1) is 12.1. The van der Waals surface area contributed by atoms with E-state index in [1.165, 1.54) is 5.56 Å². The highest BCUT2D eigenvalue weighted by Gasteiger charge is 2.26. The zero-order valence-electron chi connectivity index (χ0n) is 15.4. The third-order valence-corrected chi connectivity index (χ3v) is 5.23. The lowest BCUT2D eigenvalue weighted by molar-refractivity contribution is -0.134. The molecule has 1 amide bonds. The summed E-state index contributed by atoms with van der Waals surface area (Å²) in [5.74, 6) is 1.21. The van der Waals surface area contributed by atoms with Crippen LogP contribution in [0.3, 0.4) is 0 Å². The molecule has 0 N–H and O–H groups in total. The molecule has 1 unspecified atom stereocenters. The number of ether oxygens (including phenoxy) is 2. The molecule has 1 aromatic rings. The van der Waals surface area contributed by atoms with E-state index in [9.17, 15) is 4.79 Å². The molecule has 1 atom stereocenters. The normalized spacial score (nSPS) is 21.1. The second kappa shape index (κ2) is 8.68. The van der Waals surface area contributed by atoms with Crippen LogP contribution in [0.15, 0.2) is 24.3 Å². The molecule has 2 saturated heterocycles. The van der Waals surface area contributed by atoms with Crippen molar-refractivity contribution in [2.24, 2.45) is 0 Å². The van der Waals surface area contributed by atoms with Crippen molar-refractivity contribution in [2.45, 2.75) is 45.3 Å². The number of carbonyl (C=O) groups is 1. The van der Waals surface area contributed by atoms with Crippen molar-refractivity contribution in [2.75, 3.05) is 39.4 Å². The van der Waals surface area contributed by atoms with Crippen LogP contribution in [0.5, 0.6) is 5.75 Å². The van der Waals surface area contributed by atoms with E-state index < -0.39 is 0 Å². The minimum atomic E-state index is 0.211. The Labute approximate surface area is 150 Å². The number of benzene rings is 1. The summed E-state index contributed by atoms with van der Waals surface area (Å²) >= 11 is 0. The predicted molar refractivity (Wildman–Crippen MR) is 97.9 cm³/mol. The van der Waals surface area contributed by atoms with Gasteiger partial charge in [0.05, 0.1) is 13.2 Å². The second-order valence-electron chi connectivity index (χ2n) is 7.22.